The van der Waals surface area contributed by atoms with Gasteiger partial charge in [0.25, 0.3) is 5.91 Å². The molecule has 1 saturated heterocycles. The van der Waals surface area contributed by atoms with Gasteiger partial charge in [0.05, 0.1) is 21.6 Å². The van der Waals surface area contributed by atoms with Gasteiger partial charge in [0.1, 0.15) is 11.4 Å². The van der Waals surface area contributed by atoms with Crippen LogP contribution in [0.1, 0.15) is 34.6 Å². The zero-order chi connectivity index (χ0) is 23.7. The summed E-state index contributed by atoms with van der Waals surface area (Å²) in [4.78, 5) is 19.1. The van der Waals surface area contributed by atoms with Crippen LogP contribution in [0.4, 0.5) is 18.3 Å². The van der Waals surface area contributed by atoms with E-state index >= 15 is 0 Å². The Morgan fingerprint density at radius 3 is 2.62 bits per heavy atom. The largest absolute Gasteiger partial charge is 0.479 e. The number of fused-ring (bicyclic) bond motifs is 5. The number of aromatic nitrogens is 2. The highest BCUT2D eigenvalue weighted by Crippen LogP contribution is 2.48. The SMILES string of the molecule is Nc1nc2ccc(C(=O)N3CCC4(CC3)Oc3ccccc3-n3c(C(F)(F)F)ccc34)cc2s1. The molecule has 2 aromatic heterocycles. The van der Waals surface area contributed by atoms with Crippen molar-refractivity contribution < 1.29 is 22.7 Å². The van der Waals surface area contributed by atoms with Crippen molar-refractivity contribution in [2.24, 2.45) is 0 Å². The number of amides is 1. The number of halogens is 3. The minimum Gasteiger partial charge on any atom is -0.479 e. The molecule has 6 rings (SSSR count). The maximum Gasteiger partial charge on any atom is 0.431 e. The monoisotopic (exact) mass is 484 g/mol. The number of hydrogen-bond acceptors (Lipinski definition) is 5. The van der Waals surface area contributed by atoms with Crippen molar-refractivity contribution in [3.05, 3.63) is 71.5 Å². The van der Waals surface area contributed by atoms with E-state index in [1.165, 1.54) is 22.0 Å². The fourth-order valence-corrected chi connectivity index (χ4v) is 5.72. The summed E-state index contributed by atoms with van der Waals surface area (Å²) in [5, 5.41) is 0.440. The number of anilines is 1. The van der Waals surface area contributed by atoms with Crippen LogP contribution in [0.2, 0.25) is 0 Å². The lowest BCUT2D eigenvalue weighted by Gasteiger charge is -2.45. The van der Waals surface area contributed by atoms with E-state index in [1.807, 2.05) is 0 Å². The number of nitrogens with two attached hydrogens (primary N) is 1. The summed E-state index contributed by atoms with van der Waals surface area (Å²) >= 11 is 1.32. The molecule has 2 aliphatic rings. The number of likely N-dealkylation sites (tertiary alicyclic amines) is 1. The van der Waals surface area contributed by atoms with Crippen LogP contribution in [-0.4, -0.2) is 33.4 Å². The van der Waals surface area contributed by atoms with Crippen LogP contribution in [-0.2, 0) is 11.8 Å². The molecule has 0 atom stereocenters. The van der Waals surface area contributed by atoms with Gasteiger partial charge >= 0.3 is 6.18 Å². The summed E-state index contributed by atoms with van der Waals surface area (Å²) in [7, 11) is 0. The number of alkyl halides is 3. The number of piperidine rings is 1. The molecular weight excluding hydrogens is 465 g/mol. The summed E-state index contributed by atoms with van der Waals surface area (Å²) in [5.41, 5.74) is 6.21. The smallest absolute Gasteiger partial charge is 0.431 e. The van der Waals surface area contributed by atoms with E-state index in [0.717, 1.165) is 16.3 Å². The normalized spacial score (nSPS) is 16.9. The molecule has 2 aromatic carbocycles. The molecule has 174 valence electrons. The zero-order valence-electron chi connectivity index (χ0n) is 17.8. The number of hydrogen-bond donors (Lipinski definition) is 1. The number of thiazole rings is 1. The Labute approximate surface area is 196 Å². The van der Waals surface area contributed by atoms with Crippen molar-refractivity contribution in [1.29, 1.82) is 0 Å². The van der Waals surface area contributed by atoms with Crippen LogP contribution in [0.3, 0.4) is 0 Å². The molecule has 6 nitrogen and oxygen atoms in total. The van der Waals surface area contributed by atoms with E-state index in [4.69, 9.17) is 10.5 Å². The summed E-state index contributed by atoms with van der Waals surface area (Å²) in [5.74, 6) is 0.274. The molecule has 1 amide bonds. The van der Waals surface area contributed by atoms with Crippen molar-refractivity contribution in [1.82, 2.24) is 14.5 Å². The first-order valence-electron chi connectivity index (χ1n) is 10.8. The first-order valence-corrected chi connectivity index (χ1v) is 11.6. The van der Waals surface area contributed by atoms with Gasteiger partial charge in [0.2, 0.25) is 0 Å². The molecule has 34 heavy (non-hydrogen) atoms. The molecular formula is C24H19F3N4O2S. The Morgan fingerprint density at radius 1 is 1.09 bits per heavy atom. The van der Waals surface area contributed by atoms with Crippen molar-refractivity contribution in [3.63, 3.8) is 0 Å². The Bertz CT molecular complexity index is 1430. The van der Waals surface area contributed by atoms with Crippen LogP contribution >= 0.6 is 11.3 Å². The van der Waals surface area contributed by atoms with Crippen molar-refractivity contribution in [2.45, 2.75) is 24.6 Å². The predicted molar refractivity (Wildman–Crippen MR) is 122 cm³/mol. The van der Waals surface area contributed by atoms with Gasteiger partial charge in [0, 0.05) is 31.5 Å². The summed E-state index contributed by atoms with van der Waals surface area (Å²) in [6, 6.07) is 14.6. The van der Waals surface area contributed by atoms with Crippen LogP contribution in [0.25, 0.3) is 15.9 Å². The van der Waals surface area contributed by atoms with E-state index in [9.17, 15) is 18.0 Å². The fraction of sp³-hybridized carbons (Fsp3) is 0.250. The van der Waals surface area contributed by atoms with Gasteiger partial charge in [-0.25, -0.2) is 4.98 Å². The molecule has 10 heteroatoms. The van der Waals surface area contributed by atoms with E-state index in [2.05, 4.69) is 4.98 Å². The molecule has 0 radical (unpaired) electrons. The highest BCUT2D eigenvalue weighted by molar-refractivity contribution is 7.22. The minimum absolute atomic E-state index is 0.133. The number of ether oxygens (including phenoxy) is 1. The Hall–Kier alpha value is -3.53. The highest BCUT2D eigenvalue weighted by Gasteiger charge is 2.48. The zero-order valence-corrected chi connectivity index (χ0v) is 18.6. The van der Waals surface area contributed by atoms with Crippen molar-refractivity contribution in [2.75, 3.05) is 18.8 Å². The molecule has 2 aliphatic heterocycles. The number of carbonyl (C=O) groups excluding carboxylic acids is 1. The third-order valence-corrected chi connectivity index (χ3v) is 7.41. The molecule has 0 unspecified atom stereocenters. The molecule has 0 bridgehead atoms. The van der Waals surface area contributed by atoms with E-state index in [-0.39, 0.29) is 5.91 Å². The molecule has 1 spiro atoms. The second kappa shape index (κ2) is 7.23. The maximum absolute atomic E-state index is 13.8. The number of nitrogen functional groups attached to an aromatic ring is 1. The van der Waals surface area contributed by atoms with E-state index < -0.39 is 17.5 Å². The fourth-order valence-electron chi connectivity index (χ4n) is 4.95. The molecule has 0 saturated carbocycles. The van der Waals surface area contributed by atoms with Crippen LogP contribution in [0.5, 0.6) is 5.75 Å². The Morgan fingerprint density at radius 2 is 1.85 bits per heavy atom. The number of rotatable bonds is 1. The van der Waals surface area contributed by atoms with E-state index in [0.29, 0.717) is 53.8 Å². The summed E-state index contributed by atoms with van der Waals surface area (Å²) < 4.78 is 49.9. The molecule has 2 N–H and O–H groups in total. The lowest BCUT2D eigenvalue weighted by Crippen LogP contribution is -2.50. The average molecular weight is 485 g/mol. The Balaban J connectivity index is 1.31. The lowest BCUT2D eigenvalue weighted by molar-refractivity contribution is -0.143. The van der Waals surface area contributed by atoms with Gasteiger partial charge < -0.3 is 19.9 Å². The second-order valence-corrected chi connectivity index (χ2v) is 9.59. The lowest BCUT2D eigenvalue weighted by atomic mass is 9.86. The van der Waals surface area contributed by atoms with Gasteiger partial charge in [-0.2, -0.15) is 13.2 Å². The topological polar surface area (TPSA) is 73.4 Å². The first kappa shape index (κ1) is 21.0. The average Bonchev–Trinajstić information content (AvgIpc) is 3.43. The molecule has 1 fully saturated rings. The molecule has 0 aliphatic carbocycles. The second-order valence-electron chi connectivity index (χ2n) is 8.53. The van der Waals surface area contributed by atoms with Crippen LogP contribution in [0, 0.1) is 0 Å². The van der Waals surface area contributed by atoms with Crippen LogP contribution < -0.4 is 10.5 Å². The highest BCUT2D eigenvalue weighted by atomic mass is 32.1. The quantitative estimate of drug-likeness (QED) is 0.403. The summed E-state index contributed by atoms with van der Waals surface area (Å²) in [6.07, 6.45) is -3.74. The van der Waals surface area contributed by atoms with E-state index in [1.54, 1.807) is 47.4 Å². The predicted octanol–water partition coefficient (Wildman–Crippen LogP) is 5.21. The minimum atomic E-state index is -4.50. The van der Waals surface area contributed by atoms with Gasteiger partial charge in [-0.05, 0) is 42.5 Å². The maximum atomic E-state index is 13.8. The van der Waals surface area contributed by atoms with Gasteiger partial charge in [-0.15, -0.1) is 0 Å². The van der Waals surface area contributed by atoms with Gasteiger partial charge in [-0.1, -0.05) is 23.5 Å². The van der Waals surface area contributed by atoms with Crippen molar-refractivity contribution in [3.8, 4) is 11.4 Å². The standard InChI is InChI=1S/C24H19F3N4O2S/c25-24(26,27)20-8-7-19-23(33-17-4-2-1-3-16(17)31(19)20)9-11-30(12-10-23)21(32)14-5-6-15-18(13-14)34-22(28)29-15/h1-8,13H,9-12H2,(H2,28,29). The molecule has 4 heterocycles. The molecule has 4 aromatic rings. The summed E-state index contributed by atoms with van der Waals surface area (Å²) in [6.45, 7) is 0.715. The number of nitrogens with zero attached hydrogens (tertiary/aromatic N) is 3. The Kier molecular flexibility index (Phi) is 4.47. The van der Waals surface area contributed by atoms with Gasteiger partial charge in [0.15, 0.2) is 10.7 Å². The third kappa shape index (κ3) is 3.16. The van der Waals surface area contributed by atoms with Crippen LogP contribution in [0.15, 0.2) is 54.6 Å². The number of para-hydroxylation sites is 2. The first-order chi connectivity index (χ1) is 16.2. The van der Waals surface area contributed by atoms with Gasteiger partial charge in [-0.3, -0.25) is 4.79 Å². The third-order valence-electron chi connectivity index (χ3n) is 6.56. The number of carbonyl (C=O) groups is 1. The number of benzene rings is 2. The van der Waals surface area contributed by atoms with Crippen molar-refractivity contribution >= 4 is 32.6 Å².